The summed E-state index contributed by atoms with van der Waals surface area (Å²) in [4.78, 5) is 53.7. The third-order valence-electron chi connectivity index (χ3n) is 8.59. The number of carbonyl (C=O) groups excluding carboxylic acids is 3. The Morgan fingerprint density at radius 2 is 1.98 bits per heavy atom. The number of hydrogen-bond acceptors (Lipinski definition) is 6. The minimum atomic E-state index is -3.62. The maximum atomic E-state index is 14.5. The molecule has 1 unspecified atom stereocenters. The summed E-state index contributed by atoms with van der Waals surface area (Å²) in [5.41, 5.74) is 0.482. The van der Waals surface area contributed by atoms with E-state index in [9.17, 15) is 28.2 Å². The number of likely N-dealkylation sites (tertiary alicyclic amines) is 1. The number of benzene rings is 2. The van der Waals surface area contributed by atoms with Gasteiger partial charge in [-0.3, -0.25) is 23.6 Å². The third-order valence-corrected chi connectivity index (χ3v) is 10.1. The Morgan fingerprint density at radius 1 is 1.26 bits per heavy atom. The molecule has 0 bridgehead atoms. The minimum absolute atomic E-state index is 0.0420. The molecule has 2 aromatic carbocycles. The Morgan fingerprint density at radius 3 is 2.62 bits per heavy atom. The van der Waals surface area contributed by atoms with Gasteiger partial charge in [-0.25, -0.2) is 4.39 Å². The van der Waals surface area contributed by atoms with E-state index in [1.54, 1.807) is 17.0 Å². The number of nitrogens with one attached hydrogen (secondary N) is 1. The van der Waals surface area contributed by atoms with E-state index in [2.05, 4.69) is 17.3 Å². The van der Waals surface area contributed by atoms with E-state index in [-0.39, 0.29) is 63.7 Å². The molecule has 2 amide bonds. The van der Waals surface area contributed by atoms with Crippen molar-refractivity contribution < 1.29 is 28.2 Å². The summed E-state index contributed by atoms with van der Waals surface area (Å²) in [6, 6.07) is 8.11. The monoisotopic (exact) mass is 617 g/mol. The predicted molar refractivity (Wildman–Crippen MR) is 158 cm³/mol. The molecule has 2 aliphatic rings. The van der Waals surface area contributed by atoms with Crippen LogP contribution < -0.4 is 10.6 Å². The standard InChI is InChI=1S/C29H34ClFN5O5P/c1-16-27-29(16,15-34(3)4)12-23(28(39)32-13-18-7-6-8-21(30)25(18)31)36(27)24(38)14-35-22-11-19(42(5,40)41)9-10-20(22)26(33-35)17(2)37/h6-11,16,23,27H,12-15H2,1-5H3,(H,32,39)(H,40,41)/t16-,23+,27+,29+/m1/s1. The summed E-state index contributed by atoms with van der Waals surface area (Å²) >= 11 is 5.90. The number of Topliss-reactive ketones (excluding diaryl/α,β-unsaturated/α-hetero) is 1. The lowest BCUT2D eigenvalue weighted by Gasteiger charge is -2.28. The molecule has 2 heterocycles. The van der Waals surface area contributed by atoms with Gasteiger partial charge in [0, 0.05) is 54.4 Å². The summed E-state index contributed by atoms with van der Waals surface area (Å²) in [6.45, 7) is 4.96. The van der Waals surface area contributed by atoms with Gasteiger partial charge in [-0.15, -0.1) is 0 Å². The molecule has 5 rings (SSSR count). The summed E-state index contributed by atoms with van der Waals surface area (Å²) in [5.74, 6) is -1.54. The first-order chi connectivity index (χ1) is 19.7. The number of ketones is 1. The molecule has 13 heteroatoms. The normalized spacial score (nSPS) is 24.5. The highest BCUT2D eigenvalue weighted by atomic mass is 35.5. The van der Waals surface area contributed by atoms with Crippen molar-refractivity contribution in [3.63, 3.8) is 0 Å². The molecule has 42 heavy (non-hydrogen) atoms. The molecule has 3 aromatic rings. The Bertz CT molecular complexity index is 1650. The topological polar surface area (TPSA) is 125 Å². The molecule has 1 saturated heterocycles. The zero-order valence-corrected chi connectivity index (χ0v) is 25.7. The molecular formula is C29H34ClFN5O5P. The average Bonchev–Trinajstić information content (AvgIpc) is 3.19. The van der Waals surface area contributed by atoms with Gasteiger partial charge in [0.25, 0.3) is 0 Å². The van der Waals surface area contributed by atoms with Gasteiger partial charge in [0.1, 0.15) is 24.1 Å². The van der Waals surface area contributed by atoms with Crippen LogP contribution in [0.1, 0.15) is 36.3 Å². The quantitative estimate of drug-likeness (QED) is 0.279. The van der Waals surface area contributed by atoms with E-state index in [4.69, 9.17) is 11.6 Å². The number of carbonyl (C=O) groups is 3. The summed E-state index contributed by atoms with van der Waals surface area (Å²) in [6.07, 6.45) is 0.443. The Kier molecular flexibility index (Phi) is 7.85. The highest BCUT2D eigenvalue weighted by molar-refractivity contribution is 7.65. The van der Waals surface area contributed by atoms with Crippen LogP contribution in [0.15, 0.2) is 36.4 Å². The highest BCUT2D eigenvalue weighted by Gasteiger charge is 2.72. The first kappa shape index (κ1) is 30.4. The fourth-order valence-electron chi connectivity index (χ4n) is 6.58. The number of piperidine rings is 1. The number of aromatic nitrogens is 2. The van der Waals surface area contributed by atoms with Crippen LogP contribution in [-0.2, 0) is 27.2 Å². The van der Waals surface area contributed by atoms with Crippen molar-refractivity contribution in [3.05, 3.63) is 58.5 Å². The largest absolute Gasteiger partial charge is 0.350 e. The van der Waals surface area contributed by atoms with E-state index in [0.29, 0.717) is 23.9 Å². The zero-order valence-electron chi connectivity index (χ0n) is 24.1. The average molecular weight is 618 g/mol. The minimum Gasteiger partial charge on any atom is -0.350 e. The first-order valence-corrected chi connectivity index (χ1v) is 16.1. The van der Waals surface area contributed by atoms with Crippen LogP contribution in [0.3, 0.4) is 0 Å². The Balaban J connectivity index is 1.46. The van der Waals surface area contributed by atoms with E-state index in [1.165, 1.54) is 42.5 Å². The van der Waals surface area contributed by atoms with Crippen LogP contribution in [0.25, 0.3) is 10.9 Å². The number of nitrogens with zero attached hydrogens (tertiary/aromatic N) is 4. The second-order valence-corrected chi connectivity index (χ2v) is 14.5. The molecule has 2 fully saturated rings. The molecule has 0 radical (unpaired) electrons. The van der Waals surface area contributed by atoms with Crippen LogP contribution in [-0.4, -0.2) is 81.5 Å². The van der Waals surface area contributed by atoms with Gasteiger partial charge in [0.2, 0.25) is 19.2 Å². The predicted octanol–water partition coefficient (Wildman–Crippen LogP) is 3.04. The van der Waals surface area contributed by atoms with Gasteiger partial charge in [0.05, 0.1) is 10.5 Å². The number of rotatable bonds is 9. The number of halogens is 2. The Labute approximate surface area is 248 Å². The van der Waals surface area contributed by atoms with E-state index < -0.39 is 25.1 Å². The van der Waals surface area contributed by atoms with Crippen LogP contribution in [0, 0.1) is 17.2 Å². The Hall–Kier alpha value is -3.11. The second-order valence-electron chi connectivity index (χ2n) is 11.8. The van der Waals surface area contributed by atoms with Crippen LogP contribution >= 0.6 is 19.0 Å². The van der Waals surface area contributed by atoms with Gasteiger partial charge >= 0.3 is 0 Å². The smallest absolute Gasteiger partial charge is 0.245 e. The van der Waals surface area contributed by atoms with Crippen LogP contribution in [0.4, 0.5) is 4.39 Å². The molecule has 1 saturated carbocycles. The van der Waals surface area contributed by atoms with Crippen molar-refractivity contribution in [3.8, 4) is 0 Å². The molecule has 1 aromatic heterocycles. The highest BCUT2D eigenvalue weighted by Crippen LogP contribution is 2.64. The number of fused-ring (bicyclic) bond motifs is 2. The first-order valence-electron chi connectivity index (χ1n) is 13.6. The SMILES string of the molecule is CC(=O)c1nn(CC(=O)N2[C@H]3[C@@H](C)[C@@]3(CN(C)C)C[C@H]2C(=O)NCc2cccc(Cl)c2F)c2cc(P(C)(=O)O)ccc12. The summed E-state index contributed by atoms with van der Waals surface area (Å²) < 4.78 is 28.2. The third kappa shape index (κ3) is 5.28. The maximum Gasteiger partial charge on any atom is 0.245 e. The van der Waals surface area contributed by atoms with Crippen molar-refractivity contribution in [2.24, 2.45) is 11.3 Å². The fraction of sp³-hybridized carbons (Fsp3) is 0.448. The van der Waals surface area contributed by atoms with Crippen LogP contribution in [0.2, 0.25) is 5.02 Å². The lowest BCUT2D eigenvalue weighted by Crippen LogP contribution is -2.49. The molecule has 10 nitrogen and oxygen atoms in total. The molecular weight excluding hydrogens is 584 g/mol. The summed E-state index contributed by atoms with van der Waals surface area (Å²) in [5, 5.41) is 7.78. The summed E-state index contributed by atoms with van der Waals surface area (Å²) in [7, 11) is 0.272. The lowest BCUT2D eigenvalue weighted by molar-refractivity contribution is -0.140. The van der Waals surface area contributed by atoms with E-state index in [1.807, 2.05) is 19.0 Å². The van der Waals surface area contributed by atoms with Crippen molar-refractivity contribution in [2.75, 3.05) is 27.3 Å². The van der Waals surface area contributed by atoms with Crippen molar-refractivity contribution in [1.82, 2.24) is 24.9 Å². The number of amides is 2. The second kappa shape index (κ2) is 10.9. The van der Waals surface area contributed by atoms with Crippen molar-refractivity contribution in [1.29, 1.82) is 0 Å². The maximum absolute atomic E-state index is 14.5. The van der Waals surface area contributed by atoms with E-state index >= 15 is 0 Å². The van der Waals surface area contributed by atoms with E-state index in [0.717, 1.165) is 0 Å². The molecule has 5 atom stereocenters. The molecule has 0 spiro atoms. The lowest BCUT2D eigenvalue weighted by atomic mass is 9.95. The molecule has 1 aliphatic carbocycles. The fourth-order valence-corrected chi connectivity index (χ4v) is 7.49. The zero-order chi connectivity index (χ0) is 30.7. The molecule has 1 aliphatic heterocycles. The van der Waals surface area contributed by atoms with Crippen molar-refractivity contribution >= 4 is 52.8 Å². The van der Waals surface area contributed by atoms with Gasteiger partial charge in [-0.2, -0.15) is 5.10 Å². The van der Waals surface area contributed by atoms with Crippen LogP contribution in [0.5, 0.6) is 0 Å². The number of hydrogen-bond donors (Lipinski definition) is 2. The van der Waals surface area contributed by atoms with Gasteiger partial charge in [-0.1, -0.05) is 30.7 Å². The molecule has 224 valence electrons. The van der Waals surface area contributed by atoms with Gasteiger partial charge in [-0.05, 0) is 50.7 Å². The van der Waals surface area contributed by atoms with Crippen molar-refractivity contribution in [2.45, 2.75) is 45.4 Å². The molecule has 2 N–H and O–H groups in total. The van der Waals surface area contributed by atoms with Gasteiger partial charge in [0.15, 0.2) is 5.78 Å². The van der Waals surface area contributed by atoms with Gasteiger partial charge < -0.3 is 20.0 Å².